The molecule has 0 aliphatic heterocycles. The van der Waals surface area contributed by atoms with Crippen LogP contribution < -0.4 is 10.1 Å². The molecule has 0 saturated heterocycles. The molecular formula is C33H34Cl2N2O4S. The molecular weight excluding hydrogens is 591 g/mol. The zero-order valence-electron chi connectivity index (χ0n) is 23.9. The van der Waals surface area contributed by atoms with Gasteiger partial charge in [-0.2, -0.15) is 0 Å². The molecule has 42 heavy (non-hydrogen) atoms. The quantitative estimate of drug-likeness (QED) is 0.194. The number of carboxylic acid groups (broad SMARTS) is 1. The second-order valence-corrected chi connectivity index (χ2v) is 14.3. The number of halogens is 2. The summed E-state index contributed by atoms with van der Waals surface area (Å²) in [6, 6.07) is 16.1. The van der Waals surface area contributed by atoms with Crippen LogP contribution in [0.2, 0.25) is 8.67 Å². The van der Waals surface area contributed by atoms with Gasteiger partial charge < -0.3 is 15.2 Å². The van der Waals surface area contributed by atoms with Gasteiger partial charge in [-0.3, -0.25) is 4.79 Å². The minimum atomic E-state index is -1.18. The number of hydrogen-bond donors (Lipinski definition) is 2. The summed E-state index contributed by atoms with van der Waals surface area (Å²) < 4.78 is 7.08. The summed E-state index contributed by atoms with van der Waals surface area (Å²) in [6.45, 7) is 6.53. The predicted molar refractivity (Wildman–Crippen MR) is 170 cm³/mol. The third kappa shape index (κ3) is 7.25. The summed E-state index contributed by atoms with van der Waals surface area (Å²) in [5.74, 6) is 0.218. The standard InChI is InChI=1S/C33H34Cl2N2O4S/c1-33(2,3)22-9-12-23(13-10-22)41-24-11-8-20-15-27(36-26(25(20)18-24)14-19-6-4-5-7-19)31(38)37-28(32(39)40)16-21-17-29(34)42-30(21)35/h8-13,15,17-19,28H,4-7,14,16H2,1-3H3,(H,37,38)(H,39,40). The number of nitrogens with one attached hydrogen (secondary N) is 1. The van der Waals surface area contributed by atoms with Crippen LogP contribution in [0.1, 0.15) is 73.8 Å². The van der Waals surface area contributed by atoms with Crippen LogP contribution in [0.4, 0.5) is 0 Å². The minimum Gasteiger partial charge on any atom is -0.480 e. The fourth-order valence-corrected chi connectivity index (χ4v) is 6.95. The predicted octanol–water partition coefficient (Wildman–Crippen LogP) is 8.85. The van der Waals surface area contributed by atoms with E-state index in [1.807, 2.05) is 30.3 Å². The Labute approximate surface area is 260 Å². The highest BCUT2D eigenvalue weighted by molar-refractivity contribution is 7.20. The van der Waals surface area contributed by atoms with E-state index in [0.29, 0.717) is 25.9 Å². The Balaban J connectivity index is 1.42. The molecule has 0 bridgehead atoms. The maximum atomic E-state index is 13.4. The van der Waals surface area contributed by atoms with Gasteiger partial charge in [0, 0.05) is 17.5 Å². The number of carbonyl (C=O) groups excluding carboxylic acids is 1. The number of benzene rings is 2. The van der Waals surface area contributed by atoms with E-state index in [2.05, 4.69) is 38.2 Å². The molecule has 2 heterocycles. The third-order valence-corrected chi connectivity index (χ3v) is 9.35. The number of ether oxygens (including phenoxy) is 1. The van der Waals surface area contributed by atoms with Crippen LogP contribution >= 0.6 is 34.5 Å². The summed E-state index contributed by atoms with van der Waals surface area (Å²) in [7, 11) is 0. The van der Waals surface area contributed by atoms with Gasteiger partial charge in [0.2, 0.25) is 0 Å². The largest absolute Gasteiger partial charge is 0.480 e. The van der Waals surface area contributed by atoms with Gasteiger partial charge in [-0.05, 0) is 70.7 Å². The van der Waals surface area contributed by atoms with Gasteiger partial charge in [0.15, 0.2) is 0 Å². The molecule has 0 radical (unpaired) electrons. The molecule has 2 N–H and O–H groups in total. The zero-order chi connectivity index (χ0) is 30.0. The first-order valence-electron chi connectivity index (χ1n) is 14.2. The Hall–Kier alpha value is -3.13. The lowest BCUT2D eigenvalue weighted by molar-refractivity contribution is -0.139. The van der Waals surface area contributed by atoms with Gasteiger partial charge in [0.1, 0.15) is 23.2 Å². The summed E-state index contributed by atoms with van der Waals surface area (Å²) in [4.78, 5) is 30.2. The van der Waals surface area contributed by atoms with Crippen LogP contribution in [0, 0.1) is 5.92 Å². The molecule has 1 aliphatic carbocycles. The molecule has 4 aromatic rings. The highest BCUT2D eigenvalue weighted by Gasteiger charge is 2.25. The molecule has 1 aliphatic rings. The van der Waals surface area contributed by atoms with Crippen molar-refractivity contribution in [3.05, 3.63) is 85.8 Å². The van der Waals surface area contributed by atoms with Crippen molar-refractivity contribution < 1.29 is 19.4 Å². The van der Waals surface area contributed by atoms with Crippen molar-refractivity contribution in [2.75, 3.05) is 0 Å². The highest BCUT2D eigenvalue weighted by atomic mass is 35.5. The first kappa shape index (κ1) is 30.3. The summed E-state index contributed by atoms with van der Waals surface area (Å²) >= 11 is 13.4. The molecule has 6 nitrogen and oxygen atoms in total. The lowest BCUT2D eigenvalue weighted by Crippen LogP contribution is -2.42. The molecule has 1 amide bonds. The monoisotopic (exact) mass is 624 g/mol. The number of carbonyl (C=O) groups is 2. The van der Waals surface area contributed by atoms with Gasteiger partial charge in [-0.15, -0.1) is 11.3 Å². The van der Waals surface area contributed by atoms with Crippen molar-refractivity contribution in [1.82, 2.24) is 10.3 Å². The van der Waals surface area contributed by atoms with Crippen LogP contribution in [0.5, 0.6) is 11.5 Å². The number of carboxylic acids is 1. The molecule has 5 rings (SSSR count). The summed E-state index contributed by atoms with van der Waals surface area (Å²) in [5, 5.41) is 14.2. The van der Waals surface area contributed by atoms with E-state index < -0.39 is 17.9 Å². The Morgan fingerprint density at radius 2 is 1.74 bits per heavy atom. The summed E-state index contributed by atoms with van der Waals surface area (Å²) in [6.07, 6.45) is 5.39. The van der Waals surface area contributed by atoms with E-state index in [4.69, 9.17) is 32.9 Å². The number of amides is 1. The van der Waals surface area contributed by atoms with Crippen molar-refractivity contribution in [2.45, 2.75) is 70.8 Å². The van der Waals surface area contributed by atoms with Gasteiger partial charge in [0.05, 0.1) is 8.67 Å². The fraction of sp³-hybridized carbons (Fsp3) is 0.364. The Bertz CT molecular complexity index is 1610. The second-order valence-electron chi connectivity index (χ2n) is 12.0. The molecule has 2 aromatic carbocycles. The number of hydrogen-bond acceptors (Lipinski definition) is 5. The lowest BCUT2D eigenvalue weighted by Gasteiger charge is -2.19. The number of thiophene rings is 1. The normalized spacial score (nSPS) is 14.7. The smallest absolute Gasteiger partial charge is 0.326 e. The topological polar surface area (TPSA) is 88.5 Å². The minimum absolute atomic E-state index is 0.0169. The molecule has 1 unspecified atom stereocenters. The maximum Gasteiger partial charge on any atom is 0.326 e. The fourth-order valence-electron chi connectivity index (χ4n) is 5.44. The Kier molecular flexibility index (Phi) is 9.11. The van der Waals surface area contributed by atoms with E-state index in [0.717, 1.165) is 52.8 Å². The molecule has 1 atom stereocenters. The number of rotatable bonds is 9. The molecule has 0 spiro atoms. The van der Waals surface area contributed by atoms with Crippen molar-refractivity contribution in [3.63, 3.8) is 0 Å². The maximum absolute atomic E-state index is 13.4. The van der Waals surface area contributed by atoms with Gasteiger partial charge in [-0.25, -0.2) is 9.78 Å². The highest BCUT2D eigenvalue weighted by Crippen LogP contribution is 2.34. The second kappa shape index (κ2) is 12.6. The molecule has 1 fully saturated rings. The Morgan fingerprint density at radius 1 is 1.05 bits per heavy atom. The van der Waals surface area contributed by atoms with Crippen molar-refractivity contribution in [2.24, 2.45) is 5.92 Å². The third-order valence-electron chi connectivity index (χ3n) is 7.78. The molecule has 2 aromatic heterocycles. The van der Waals surface area contributed by atoms with Crippen LogP contribution in [-0.4, -0.2) is 28.0 Å². The van der Waals surface area contributed by atoms with Crippen LogP contribution in [0.3, 0.4) is 0 Å². The van der Waals surface area contributed by atoms with E-state index >= 15 is 0 Å². The van der Waals surface area contributed by atoms with Crippen molar-refractivity contribution in [1.29, 1.82) is 0 Å². The average molecular weight is 626 g/mol. The van der Waals surface area contributed by atoms with E-state index in [1.165, 1.54) is 18.4 Å². The first-order chi connectivity index (χ1) is 20.0. The van der Waals surface area contributed by atoms with Crippen molar-refractivity contribution >= 4 is 57.2 Å². The zero-order valence-corrected chi connectivity index (χ0v) is 26.2. The van der Waals surface area contributed by atoms with Gasteiger partial charge in [-0.1, -0.05) is 87.9 Å². The first-order valence-corrected chi connectivity index (χ1v) is 15.7. The summed E-state index contributed by atoms with van der Waals surface area (Å²) in [5.41, 5.74) is 2.87. The van der Waals surface area contributed by atoms with Gasteiger partial charge in [0.25, 0.3) is 5.91 Å². The number of nitrogens with zero attached hydrogens (tertiary/aromatic N) is 1. The van der Waals surface area contributed by atoms with E-state index in [9.17, 15) is 14.7 Å². The number of fused-ring (bicyclic) bond motifs is 1. The Morgan fingerprint density at radius 3 is 2.36 bits per heavy atom. The van der Waals surface area contributed by atoms with Gasteiger partial charge >= 0.3 is 5.97 Å². The molecule has 9 heteroatoms. The SMILES string of the molecule is CC(C)(C)c1ccc(Oc2ccc3cc(C(=O)NC(Cc4cc(Cl)sc4Cl)C(=O)O)nc(CC4CCCC4)c3c2)cc1. The number of aromatic nitrogens is 1. The lowest BCUT2D eigenvalue weighted by atomic mass is 9.87. The van der Waals surface area contributed by atoms with Crippen LogP contribution in [-0.2, 0) is 23.1 Å². The van der Waals surface area contributed by atoms with Crippen LogP contribution in [0.15, 0.2) is 54.6 Å². The van der Waals surface area contributed by atoms with E-state index in [-0.39, 0.29) is 17.5 Å². The van der Waals surface area contributed by atoms with Crippen molar-refractivity contribution in [3.8, 4) is 11.5 Å². The average Bonchev–Trinajstić information content (AvgIpc) is 3.56. The molecule has 1 saturated carbocycles. The van der Waals surface area contributed by atoms with Crippen LogP contribution in [0.25, 0.3) is 10.8 Å². The number of pyridine rings is 1. The number of aliphatic carboxylic acids is 1. The molecule has 220 valence electrons. The van der Waals surface area contributed by atoms with E-state index in [1.54, 1.807) is 12.1 Å².